The van der Waals surface area contributed by atoms with Crippen LogP contribution in [-0.2, 0) is 14.3 Å². The predicted octanol–water partition coefficient (Wildman–Crippen LogP) is 2.57. The van der Waals surface area contributed by atoms with Crippen LogP contribution in [0.15, 0.2) is 24.3 Å². The van der Waals surface area contributed by atoms with Gasteiger partial charge >= 0.3 is 5.97 Å². The predicted molar refractivity (Wildman–Crippen MR) is 84.7 cm³/mol. The molecule has 0 saturated carbocycles. The molecule has 1 unspecified atom stereocenters. The zero-order valence-electron chi connectivity index (χ0n) is 12.5. The molecule has 5 nitrogen and oxygen atoms in total. The van der Waals surface area contributed by atoms with E-state index >= 15 is 0 Å². The van der Waals surface area contributed by atoms with Crippen molar-refractivity contribution in [2.24, 2.45) is 5.92 Å². The van der Waals surface area contributed by atoms with E-state index in [0.717, 1.165) is 11.4 Å². The maximum absolute atomic E-state index is 11.8. The number of anilines is 1. The van der Waals surface area contributed by atoms with Gasteiger partial charge in [0.15, 0.2) is 0 Å². The number of carbonyl (C=O) groups is 2. The third-order valence-electron chi connectivity index (χ3n) is 2.65. The third-order valence-corrected chi connectivity index (χ3v) is 3.86. The summed E-state index contributed by atoms with van der Waals surface area (Å²) >= 11 is 1.41. The highest BCUT2D eigenvalue weighted by atomic mass is 32.2. The summed E-state index contributed by atoms with van der Waals surface area (Å²) in [5.41, 5.74) is 0.727. The molecule has 0 aromatic heterocycles. The molecule has 21 heavy (non-hydrogen) atoms. The summed E-state index contributed by atoms with van der Waals surface area (Å²) in [6.45, 7) is 4.31. The molecule has 0 saturated heterocycles. The monoisotopic (exact) mass is 311 g/mol. The molecule has 0 aliphatic rings. The van der Waals surface area contributed by atoms with Gasteiger partial charge in [-0.15, -0.1) is 0 Å². The van der Waals surface area contributed by atoms with Crippen LogP contribution in [0.3, 0.4) is 0 Å². The average molecular weight is 311 g/mol. The highest BCUT2D eigenvalue weighted by Crippen LogP contribution is 2.16. The minimum Gasteiger partial charge on any atom is -0.494 e. The van der Waals surface area contributed by atoms with Crippen molar-refractivity contribution in [1.82, 2.24) is 0 Å². The van der Waals surface area contributed by atoms with Crippen LogP contribution < -0.4 is 10.1 Å². The van der Waals surface area contributed by atoms with Crippen LogP contribution in [0.2, 0.25) is 0 Å². The number of thioether (sulfide) groups is 1. The molecule has 0 aliphatic heterocycles. The summed E-state index contributed by atoms with van der Waals surface area (Å²) < 4.78 is 9.96. The van der Waals surface area contributed by atoms with Gasteiger partial charge in [0, 0.05) is 11.4 Å². The summed E-state index contributed by atoms with van der Waals surface area (Å²) in [6.07, 6.45) is 0. The van der Waals surface area contributed by atoms with Crippen molar-refractivity contribution in [3.63, 3.8) is 0 Å². The number of rotatable bonds is 8. The third kappa shape index (κ3) is 6.53. The summed E-state index contributed by atoms with van der Waals surface area (Å²) in [5, 5.41) is 2.80. The van der Waals surface area contributed by atoms with E-state index in [1.807, 2.05) is 19.1 Å². The Bertz CT molecular complexity index is 461. The smallest absolute Gasteiger partial charge is 0.309 e. The first-order chi connectivity index (χ1) is 10.1. The maximum atomic E-state index is 11.8. The van der Waals surface area contributed by atoms with Gasteiger partial charge < -0.3 is 14.8 Å². The van der Waals surface area contributed by atoms with Crippen LogP contribution in [-0.4, -0.2) is 37.1 Å². The van der Waals surface area contributed by atoms with Gasteiger partial charge in [0.25, 0.3) is 0 Å². The molecule has 0 aliphatic carbocycles. The highest BCUT2D eigenvalue weighted by molar-refractivity contribution is 8.00. The molecule has 1 atom stereocenters. The largest absolute Gasteiger partial charge is 0.494 e. The number of nitrogens with one attached hydrogen (secondary N) is 1. The minimum absolute atomic E-state index is 0.0961. The fourth-order valence-electron chi connectivity index (χ4n) is 1.60. The summed E-state index contributed by atoms with van der Waals surface area (Å²) in [5.74, 6) is 1.07. The van der Waals surface area contributed by atoms with Crippen molar-refractivity contribution in [3.8, 4) is 5.75 Å². The van der Waals surface area contributed by atoms with E-state index in [1.54, 1.807) is 19.1 Å². The fraction of sp³-hybridized carbons (Fsp3) is 0.467. The lowest BCUT2D eigenvalue weighted by molar-refractivity contribution is -0.144. The van der Waals surface area contributed by atoms with Gasteiger partial charge in [0.2, 0.25) is 5.91 Å². The SMILES string of the molecule is CCOc1ccc(NC(=O)CSCC(C)C(=O)OC)cc1. The molecule has 0 spiro atoms. The van der Waals surface area contributed by atoms with Gasteiger partial charge in [-0.1, -0.05) is 6.92 Å². The minimum atomic E-state index is -0.255. The van der Waals surface area contributed by atoms with Crippen molar-refractivity contribution in [1.29, 1.82) is 0 Å². The molecular formula is C15H21NO4S. The number of esters is 1. The van der Waals surface area contributed by atoms with Crippen LogP contribution in [0, 0.1) is 5.92 Å². The van der Waals surface area contributed by atoms with Crippen LogP contribution in [0.4, 0.5) is 5.69 Å². The second kappa shape index (κ2) is 9.28. The summed E-state index contributed by atoms with van der Waals surface area (Å²) in [7, 11) is 1.36. The topological polar surface area (TPSA) is 64.6 Å². The molecule has 6 heteroatoms. The first kappa shape index (κ1) is 17.4. The van der Waals surface area contributed by atoms with Gasteiger partial charge in [-0.25, -0.2) is 0 Å². The van der Waals surface area contributed by atoms with Gasteiger partial charge in [0.1, 0.15) is 5.75 Å². The number of amides is 1. The normalized spacial score (nSPS) is 11.6. The molecule has 1 N–H and O–H groups in total. The van der Waals surface area contributed by atoms with Crippen LogP contribution in [0.1, 0.15) is 13.8 Å². The fourth-order valence-corrected chi connectivity index (χ4v) is 2.46. The highest BCUT2D eigenvalue weighted by Gasteiger charge is 2.13. The van der Waals surface area contributed by atoms with Crippen LogP contribution >= 0.6 is 11.8 Å². The Balaban J connectivity index is 2.31. The number of methoxy groups -OCH3 is 1. The van der Waals surface area contributed by atoms with E-state index in [-0.39, 0.29) is 17.8 Å². The lowest BCUT2D eigenvalue weighted by Crippen LogP contribution is -2.18. The lowest BCUT2D eigenvalue weighted by atomic mass is 10.2. The molecule has 1 aromatic rings. The lowest BCUT2D eigenvalue weighted by Gasteiger charge is -2.09. The van der Waals surface area contributed by atoms with Gasteiger partial charge in [-0.2, -0.15) is 11.8 Å². The van der Waals surface area contributed by atoms with E-state index < -0.39 is 0 Å². The van der Waals surface area contributed by atoms with Gasteiger partial charge in [0.05, 0.1) is 25.4 Å². The van der Waals surface area contributed by atoms with E-state index in [0.29, 0.717) is 18.1 Å². The standard InChI is InChI=1S/C15H21NO4S/c1-4-20-13-7-5-12(6-8-13)16-14(17)10-21-9-11(2)15(18)19-3/h5-8,11H,4,9-10H2,1-3H3,(H,16,17). The zero-order chi connectivity index (χ0) is 15.7. The second-order valence-electron chi connectivity index (χ2n) is 4.44. The van der Waals surface area contributed by atoms with Crippen molar-refractivity contribution in [3.05, 3.63) is 24.3 Å². The van der Waals surface area contributed by atoms with Crippen molar-refractivity contribution >= 4 is 29.3 Å². The number of hydrogen-bond donors (Lipinski definition) is 1. The van der Waals surface area contributed by atoms with E-state index in [1.165, 1.54) is 18.9 Å². The van der Waals surface area contributed by atoms with E-state index in [4.69, 9.17) is 4.74 Å². The summed E-state index contributed by atoms with van der Waals surface area (Å²) in [4.78, 5) is 23.0. The maximum Gasteiger partial charge on any atom is 0.309 e. The average Bonchev–Trinajstić information content (AvgIpc) is 2.48. The van der Waals surface area contributed by atoms with E-state index in [2.05, 4.69) is 10.1 Å². The van der Waals surface area contributed by atoms with Gasteiger partial charge in [-0.05, 0) is 31.2 Å². The molecule has 116 valence electrons. The van der Waals surface area contributed by atoms with Crippen molar-refractivity contribution < 1.29 is 19.1 Å². The van der Waals surface area contributed by atoms with Crippen molar-refractivity contribution in [2.75, 3.05) is 30.5 Å². The Labute approximate surface area is 129 Å². The summed E-state index contributed by atoms with van der Waals surface area (Å²) in [6, 6.07) is 7.21. The molecule has 0 heterocycles. The number of benzene rings is 1. The molecule has 1 rings (SSSR count). The quantitative estimate of drug-likeness (QED) is 0.748. The molecule has 0 fully saturated rings. The Hall–Kier alpha value is -1.69. The molecular weight excluding hydrogens is 290 g/mol. The number of carbonyl (C=O) groups excluding carboxylic acids is 2. The first-order valence-electron chi connectivity index (χ1n) is 6.75. The Morgan fingerprint density at radius 3 is 2.52 bits per heavy atom. The van der Waals surface area contributed by atoms with E-state index in [9.17, 15) is 9.59 Å². The molecule has 0 radical (unpaired) electrons. The second-order valence-corrected chi connectivity index (χ2v) is 5.48. The Morgan fingerprint density at radius 1 is 1.29 bits per heavy atom. The number of ether oxygens (including phenoxy) is 2. The molecule has 1 aromatic carbocycles. The molecule has 0 bridgehead atoms. The zero-order valence-corrected chi connectivity index (χ0v) is 13.4. The van der Waals surface area contributed by atoms with Crippen LogP contribution in [0.25, 0.3) is 0 Å². The Kier molecular flexibility index (Phi) is 7.68. The van der Waals surface area contributed by atoms with Gasteiger partial charge in [-0.3, -0.25) is 9.59 Å². The Morgan fingerprint density at radius 2 is 1.95 bits per heavy atom. The number of hydrogen-bond acceptors (Lipinski definition) is 5. The van der Waals surface area contributed by atoms with Crippen LogP contribution in [0.5, 0.6) is 5.75 Å². The first-order valence-corrected chi connectivity index (χ1v) is 7.90. The molecule has 1 amide bonds. The van der Waals surface area contributed by atoms with Crippen molar-refractivity contribution in [2.45, 2.75) is 13.8 Å².